The number of nitrogens with zero attached hydrogens (tertiary/aromatic N) is 3. The van der Waals surface area contributed by atoms with E-state index >= 15 is 0 Å². The summed E-state index contributed by atoms with van der Waals surface area (Å²) in [7, 11) is 0. The molecule has 2 rings (SSSR count). The van der Waals surface area contributed by atoms with Crippen molar-refractivity contribution in [1.82, 2.24) is 4.57 Å². The highest BCUT2D eigenvalue weighted by Crippen LogP contribution is 2.19. The van der Waals surface area contributed by atoms with Gasteiger partial charge in [-0.2, -0.15) is 0 Å². The topological polar surface area (TPSA) is 60.4 Å². The van der Waals surface area contributed by atoms with Crippen LogP contribution in [0.15, 0.2) is 47.7 Å². The van der Waals surface area contributed by atoms with Crippen LogP contribution in [0.5, 0.6) is 0 Å². The van der Waals surface area contributed by atoms with Gasteiger partial charge in [-0.05, 0) is 26.0 Å². The molecule has 0 amide bonds. The van der Waals surface area contributed by atoms with Gasteiger partial charge in [0.25, 0.3) is 5.69 Å². The molecule has 0 N–H and O–H groups in total. The first kappa shape index (κ1) is 13.0. The van der Waals surface area contributed by atoms with Crippen molar-refractivity contribution >= 4 is 17.6 Å². The van der Waals surface area contributed by atoms with Gasteiger partial charge < -0.3 is 4.57 Å². The lowest BCUT2D eigenvalue weighted by molar-refractivity contribution is -0.384. The standard InChI is InChI=1S/C14H15N3O2/c1-11(2)16-7-6-12(10-16)9-15-13-4-3-5-14(8-13)17(18)19/h3-11H,1-2H3. The maximum Gasteiger partial charge on any atom is 0.271 e. The minimum Gasteiger partial charge on any atom is -0.351 e. The van der Waals surface area contributed by atoms with Gasteiger partial charge in [-0.1, -0.05) is 6.07 Å². The van der Waals surface area contributed by atoms with Crippen molar-refractivity contribution in [3.63, 3.8) is 0 Å². The Bertz CT molecular complexity index is 615. The van der Waals surface area contributed by atoms with Gasteiger partial charge in [0.05, 0.1) is 10.6 Å². The Balaban J connectivity index is 2.17. The predicted octanol–water partition coefficient (Wildman–Crippen LogP) is 3.73. The molecule has 19 heavy (non-hydrogen) atoms. The van der Waals surface area contributed by atoms with Crippen LogP contribution in [0.2, 0.25) is 0 Å². The molecular weight excluding hydrogens is 242 g/mol. The zero-order valence-corrected chi connectivity index (χ0v) is 10.9. The second-order valence-electron chi connectivity index (χ2n) is 4.52. The van der Waals surface area contributed by atoms with Crippen LogP contribution in [0.1, 0.15) is 25.5 Å². The van der Waals surface area contributed by atoms with E-state index in [1.807, 2.05) is 18.5 Å². The van der Waals surface area contributed by atoms with E-state index in [0.717, 1.165) is 5.56 Å². The molecule has 2 aromatic rings. The maximum atomic E-state index is 10.7. The molecule has 0 aliphatic carbocycles. The van der Waals surface area contributed by atoms with Gasteiger partial charge in [0.15, 0.2) is 0 Å². The number of hydrogen-bond acceptors (Lipinski definition) is 3. The molecule has 5 heteroatoms. The molecule has 5 nitrogen and oxygen atoms in total. The van der Waals surface area contributed by atoms with Crippen LogP contribution in [0.3, 0.4) is 0 Å². The second kappa shape index (κ2) is 5.48. The molecule has 0 radical (unpaired) electrons. The number of nitro benzene ring substituents is 1. The van der Waals surface area contributed by atoms with Crippen LogP contribution in [0.25, 0.3) is 0 Å². The fourth-order valence-electron chi connectivity index (χ4n) is 1.66. The largest absolute Gasteiger partial charge is 0.351 e. The van der Waals surface area contributed by atoms with Crippen LogP contribution in [0.4, 0.5) is 11.4 Å². The molecule has 0 spiro atoms. The molecule has 1 aromatic carbocycles. The van der Waals surface area contributed by atoms with E-state index in [9.17, 15) is 10.1 Å². The van der Waals surface area contributed by atoms with Gasteiger partial charge in [-0.25, -0.2) is 0 Å². The summed E-state index contributed by atoms with van der Waals surface area (Å²) in [6, 6.07) is 8.64. The molecule has 0 saturated carbocycles. The highest BCUT2D eigenvalue weighted by Gasteiger charge is 2.04. The minimum absolute atomic E-state index is 0.0504. The van der Waals surface area contributed by atoms with Crippen molar-refractivity contribution in [2.24, 2.45) is 4.99 Å². The van der Waals surface area contributed by atoms with E-state index in [4.69, 9.17) is 0 Å². The molecule has 98 valence electrons. The smallest absolute Gasteiger partial charge is 0.271 e. The lowest BCUT2D eigenvalue weighted by Gasteiger charge is -2.04. The van der Waals surface area contributed by atoms with Crippen LogP contribution in [-0.2, 0) is 0 Å². The third-order valence-electron chi connectivity index (χ3n) is 2.74. The molecule has 0 fully saturated rings. The summed E-state index contributed by atoms with van der Waals surface area (Å²) in [6.07, 6.45) is 5.68. The summed E-state index contributed by atoms with van der Waals surface area (Å²) in [5.74, 6) is 0. The maximum absolute atomic E-state index is 10.7. The summed E-state index contributed by atoms with van der Waals surface area (Å²) < 4.78 is 2.08. The second-order valence-corrected chi connectivity index (χ2v) is 4.52. The van der Waals surface area contributed by atoms with Crippen LogP contribution in [-0.4, -0.2) is 15.7 Å². The Morgan fingerprint density at radius 1 is 1.37 bits per heavy atom. The molecule has 0 atom stereocenters. The zero-order valence-electron chi connectivity index (χ0n) is 10.9. The van der Waals surface area contributed by atoms with Gasteiger partial charge >= 0.3 is 0 Å². The Morgan fingerprint density at radius 3 is 2.79 bits per heavy atom. The number of aliphatic imine (C=N–C) groups is 1. The number of benzene rings is 1. The van der Waals surface area contributed by atoms with E-state index < -0.39 is 4.92 Å². The van der Waals surface area contributed by atoms with Gasteiger partial charge in [0.2, 0.25) is 0 Å². The van der Waals surface area contributed by atoms with Crippen LogP contribution in [0, 0.1) is 10.1 Å². The van der Waals surface area contributed by atoms with E-state index in [1.165, 1.54) is 12.1 Å². The molecule has 1 aromatic heterocycles. The summed E-state index contributed by atoms with van der Waals surface area (Å²) in [4.78, 5) is 14.5. The first-order valence-corrected chi connectivity index (χ1v) is 6.02. The quantitative estimate of drug-likeness (QED) is 0.476. The third kappa shape index (κ3) is 3.28. The van der Waals surface area contributed by atoms with Crippen LogP contribution < -0.4 is 0 Å². The molecule has 0 aliphatic heterocycles. The molecule has 0 bridgehead atoms. The number of non-ortho nitro benzene ring substituents is 1. The first-order valence-electron chi connectivity index (χ1n) is 6.02. The number of aromatic nitrogens is 1. The Kier molecular flexibility index (Phi) is 3.75. The highest BCUT2D eigenvalue weighted by molar-refractivity contribution is 5.81. The third-order valence-corrected chi connectivity index (χ3v) is 2.74. The van der Waals surface area contributed by atoms with Crippen molar-refractivity contribution in [1.29, 1.82) is 0 Å². The predicted molar refractivity (Wildman–Crippen MR) is 75.2 cm³/mol. The Labute approximate surface area is 111 Å². The normalized spacial score (nSPS) is 11.3. The molecule has 0 aliphatic rings. The van der Waals surface area contributed by atoms with Crippen molar-refractivity contribution in [2.75, 3.05) is 0 Å². The molecule has 1 heterocycles. The average molecular weight is 257 g/mol. The van der Waals surface area contributed by atoms with E-state index in [1.54, 1.807) is 18.3 Å². The first-order chi connectivity index (χ1) is 9.06. The van der Waals surface area contributed by atoms with Crippen molar-refractivity contribution in [3.05, 3.63) is 58.4 Å². The lowest BCUT2D eigenvalue weighted by atomic mass is 10.3. The van der Waals surface area contributed by atoms with Crippen molar-refractivity contribution in [3.8, 4) is 0 Å². The minimum atomic E-state index is -0.422. The van der Waals surface area contributed by atoms with E-state index in [0.29, 0.717) is 11.7 Å². The summed E-state index contributed by atoms with van der Waals surface area (Å²) in [6.45, 7) is 4.20. The fourth-order valence-corrected chi connectivity index (χ4v) is 1.66. The van der Waals surface area contributed by atoms with E-state index in [-0.39, 0.29) is 5.69 Å². The Hall–Kier alpha value is -2.43. The van der Waals surface area contributed by atoms with Gasteiger partial charge in [0, 0.05) is 42.3 Å². The van der Waals surface area contributed by atoms with Crippen molar-refractivity contribution in [2.45, 2.75) is 19.9 Å². The molecule has 0 unspecified atom stereocenters. The average Bonchev–Trinajstić information content (AvgIpc) is 2.85. The summed E-state index contributed by atoms with van der Waals surface area (Å²) in [5.41, 5.74) is 1.60. The fraction of sp³-hybridized carbons (Fsp3) is 0.214. The van der Waals surface area contributed by atoms with Gasteiger partial charge in [-0.15, -0.1) is 0 Å². The lowest BCUT2D eigenvalue weighted by Crippen LogP contribution is -1.95. The molecule has 0 saturated heterocycles. The van der Waals surface area contributed by atoms with Crippen molar-refractivity contribution < 1.29 is 4.92 Å². The van der Waals surface area contributed by atoms with E-state index in [2.05, 4.69) is 23.4 Å². The number of hydrogen-bond donors (Lipinski definition) is 0. The Morgan fingerprint density at radius 2 is 2.16 bits per heavy atom. The highest BCUT2D eigenvalue weighted by atomic mass is 16.6. The van der Waals surface area contributed by atoms with Gasteiger partial charge in [-0.3, -0.25) is 15.1 Å². The van der Waals surface area contributed by atoms with Crippen LogP contribution >= 0.6 is 0 Å². The number of rotatable bonds is 4. The SMILES string of the molecule is CC(C)n1ccc(C=Nc2cccc([N+](=O)[O-])c2)c1. The van der Waals surface area contributed by atoms with Gasteiger partial charge in [0.1, 0.15) is 0 Å². The monoisotopic (exact) mass is 257 g/mol. The summed E-state index contributed by atoms with van der Waals surface area (Å²) in [5, 5.41) is 10.7. The molecular formula is C14H15N3O2. The summed E-state index contributed by atoms with van der Waals surface area (Å²) >= 11 is 0. The number of nitro groups is 1. The zero-order chi connectivity index (χ0) is 13.8.